The van der Waals surface area contributed by atoms with Crippen LogP contribution in [0.15, 0.2) is 53.8 Å². The molecule has 3 atom stereocenters. The van der Waals surface area contributed by atoms with E-state index in [0.717, 1.165) is 54.2 Å². The van der Waals surface area contributed by atoms with Gasteiger partial charge in [-0.25, -0.2) is 4.39 Å². The number of ether oxygens (including phenoxy) is 1. The molecule has 192 valence electrons. The van der Waals surface area contributed by atoms with Gasteiger partial charge in [0.1, 0.15) is 16.9 Å². The number of thioether (sulfide) groups is 1. The van der Waals surface area contributed by atoms with Gasteiger partial charge >= 0.3 is 5.97 Å². The number of aliphatic carboxylic acids is 1. The van der Waals surface area contributed by atoms with E-state index in [1.165, 1.54) is 0 Å². The Hall–Kier alpha value is -2.78. The predicted molar refractivity (Wildman–Crippen MR) is 139 cm³/mol. The number of alkyl halides is 1. The Balaban J connectivity index is 1.31. The van der Waals surface area contributed by atoms with Gasteiger partial charge in [-0.2, -0.15) is 5.10 Å². The molecular formula is C27H33FN4O3S. The minimum Gasteiger partial charge on any atom is -0.497 e. The number of fused-ring (bicyclic) bond motifs is 1. The first-order chi connectivity index (χ1) is 17.5. The lowest BCUT2D eigenvalue weighted by Crippen LogP contribution is -2.42. The summed E-state index contributed by atoms with van der Waals surface area (Å²) in [6.07, 6.45) is 5.23. The highest BCUT2D eigenvalue weighted by atomic mass is 32.2. The van der Waals surface area contributed by atoms with Gasteiger partial charge in [0.25, 0.3) is 0 Å². The number of halogens is 1. The van der Waals surface area contributed by atoms with Gasteiger partial charge in [0.2, 0.25) is 0 Å². The van der Waals surface area contributed by atoms with E-state index in [0.29, 0.717) is 24.2 Å². The summed E-state index contributed by atoms with van der Waals surface area (Å²) in [6.45, 7) is 2.59. The summed E-state index contributed by atoms with van der Waals surface area (Å²) >= 11 is 1.68. The fourth-order valence-corrected chi connectivity index (χ4v) is 5.85. The van der Waals surface area contributed by atoms with E-state index in [1.54, 1.807) is 37.3 Å². The van der Waals surface area contributed by atoms with Crippen LogP contribution in [-0.4, -0.2) is 63.7 Å². The minimum absolute atomic E-state index is 0.0328. The summed E-state index contributed by atoms with van der Waals surface area (Å²) in [5.74, 6) is 1.07. The summed E-state index contributed by atoms with van der Waals surface area (Å²) < 4.78 is 20.8. The van der Waals surface area contributed by atoms with Crippen LogP contribution in [0.25, 0.3) is 10.9 Å². The van der Waals surface area contributed by atoms with E-state index < -0.39 is 12.1 Å². The van der Waals surface area contributed by atoms with Crippen LogP contribution >= 0.6 is 11.8 Å². The van der Waals surface area contributed by atoms with Crippen LogP contribution in [0.2, 0.25) is 0 Å². The molecule has 1 aliphatic heterocycles. The Kier molecular flexibility index (Phi) is 9.47. The van der Waals surface area contributed by atoms with Crippen LogP contribution in [0.3, 0.4) is 0 Å². The van der Waals surface area contributed by atoms with Crippen molar-refractivity contribution < 1.29 is 19.0 Å². The van der Waals surface area contributed by atoms with Gasteiger partial charge < -0.3 is 14.7 Å². The number of methoxy groups -OCH3 is 1. The van der Waals surface area contributed by atoms with E-state index in [4.69, 9.17) is 4.74 Å². The lowest BCUT2D eigenvalue weighted by Gasteiger charge is -2.38. The van der Waals surface area contributed by atoms with E-state index in [-0.39, 0.29) is 18.3 Å². The monoisotopic (exact) mass is 512 g/mol. The van der Waals surface area contributed by atoms with Crippen molar-refractivity contribution in [3.63, 3.8) is 0 Å². The molecule has 0 bridgehead atoms. The molecule has 1 N–H and O–H groups in total. The number of piperidine rings is 1. The number of likely N-dealkylation sites (tertiary alicyclic amines) is 1. The fraction of sp³-hybridized carbons (Fsp3) is 0.481. The van der Waals surface area contributed by atoms with Gasteiger partial charge in [0.15, 0.2) is 0 Å². The van der Waals surface area contributed by atoms with Crippen molar-refractivity contribution in [3.05, 3.63) is 54.4 Å². The second-order valence-electron chi connectivity index (χ2n) is 9.30. The van der Waals surface area contributed by atoms with Gasteiger partial charge in [0.05, 0.1) is 12.6 Å². The summed E-state index contributed by atoms with van der Waals surface area (Å²) in [5.41, 5.74) is 1.36. The van der Waals surface area contributed by atoms with Gasteiger partial charge in [-0.05, 0) is 92.6 Å². The highest BCUT2D eigenvalue weighted by Crippen LogP contribution is 2.36. The largest absolute Gasteiger partial charge is 0.497 e. The second-order valence-corrected chi connectivity index (χ2v) is 10.4. The highest BCUT2D eigenvalue weighted by Gasteiger charge is 2.31. The quantitative estimate of drug-likeness (QED) is 0.254. The fourth-order valence-electron chi connectivity index (χ4n) is 5.09. The lowest BCUT2D eigenvalue weighted by molar-refractivity contribution is -0.139. The Morgan fingerprint density at radius 2 is 2.17 bits per heavy atom. The van der Waals surface area contributed by atoms with Crippen molar-refractivity contribution in [3.8, 4) is 5.75 Å². The van der Waals surface area contributed by atoms with Crippen LogP contribution < -0.4 is 4.74 Å². The third-order valence-electron chi connectivity index (χ3n) is 6.94. The summed E-state index contributed by atoms with van der Waals surface area (Å²) in [5, 5.41) is 19.2. The molecule has 36 heavy (non-hydrogen) atoms. The van der Waals surface area contributed by atoms with Crippen molar-refractivity contribution in [1.82, 2.24) is 20.1 Å². The minimum atomic E-state index is -1.13. The maximum absolute atomic E-state index is 15.5. The zero-order valence-corrected chi connectivity index (χ0v) is 21.4. The number of carboxylic acids is 1. The molecule has 3 heterocycles. The molecule has 3 aromatic rings. The third kappa shape index (κ3) is 7.13. The topological polar surface area (TPSA) is 88.4 Å². The summed E-state index contributed by atoms with van der Waals surface area (Å²) in [6, 6.07) is 11.1. The molecule has 0 saturated carbocycles. The molecule has 7 nitrogen and oxygen atoms in total. The molecule has 0 spiro atoms. The molecule has 1 fully saturated rings. The molecule has 1 aliphatic rings. The number of pyridine rings is 1. The number of rotatable bonds is 12. The van der Waals surface area contributed by atoms with Crippen LogP contribution in [0.1, 0.15) is 43.8 Å². The van der Waals surface area contributed by atoms with Crippen LogP contribution in [0, 0.1) is 11.8 Å². The first kappa shape index (κ1) is 26.3. The number of nitrogens with zero attached hydrogens (tertiary/aromatic N) is 4. The highest BCUT2D eigenvalue weighted by molar-refractivity contribution is 7.99. The lowest BCUT2D eigenvalue weighted by atomic mass is 9.79. The van der Waals surface area contributed by atoms with Crippen molar-refractivity contribution in [2.45, 2.75) is 43.3 Å². The van der Waals surface area contributed by atoms with Gasteiger partial charge in [0, 0.05) is 36.5 Å². The molecule has 0 amide bonds. The van der Waals surface area contributed by atoms with Gasteiger partial charge in [-0.3, -0.25) is 9.78 Å². The Morgan fingerprint density at radius 1 is 1.28 bits per heavy atom. The molecule has 4 rings (SSSR count). The number of hydrogen-bond donors (Lipinski definition) is 1. The molecular weight excluding hydrogens is 479 g/mol. The number of carbonyl (C=O) groups is 1. The maximum atomic E-state index is 15.5. The van der Waals surface area contributed by atoms with E-state index >= 15 is 4.39 Å². The molecule has 1 unspecified atom stereocenters. The van der Waals surface area contributed by atoms with E-state index in [1.807, 2.05) is 30.3 Å². The van der Waals surface area contributed by atoms with Gasteiger partial charge in [-0.1, -0.05) is 0 Å². The first-order valence-electron chi connectivity index (χ1n) is 12.4. The number of aromatic nitrogens is 3. The Labute approximate surface area is 215 Å². The Bertz CT molecular complexity index is 1140. The SMILES string of the molecule is COc1ccc2nccc(C(F)CC[C@@H]3CCN(CCCSc4cccnn4)C[C@@H]3CC(=O)O)c2c1. The van der Waals surface area contributed by atoms with Gasteiger partial charge in [-0.15, -0.1) is 16.9 Å². The average Bonchev–Trinajstić information content (AvgIpc) is 2.90. The molecule has 9 heteroatoms. The van der Waals surface area contributed by atoms with Crippen molar-refractivity contribution >= 4 is 28.6 Å². The van der Waals surface area contributed by atoms with Crippen LogP contribution in [0.4, 0.5) is 4.39 Å². The average molecular weight is 513 g/mol. The van der Waals surface area contributed by atoms with Crippen molar-refractivity contribution in [1.29, 1.82) is 0 Å². The third-order valence-corrected chi connectivity index (χ3v) is 7.95. The normalized spacial score (nSPS) is 19.3. The number of benzene rings is 1. The maximum Gasteiger partial charge on any atom is 0.303 e. The standard InChI is InChI=1S/C27H33FN4O3S/c1-35-21-6-8-25-23(17-21)22(9-12-29-25)24(28)7-5-19-10-14-32(18-20(19)16-27(33)34)13-3-15-36-26-4-2-11-30-31-26/h2,4,6,8-9,11-12,17,19-20,24H,3,5,7,10,13-16,18H2,1H3,(H,33,34)/t19-,20+,24?/m1/s1. The van der Waals surface area contributed by atoms with E-state index in [2.05, 4.69) is 20.1 Å². The van der Waals surface area contributed by atoms with E-state index in [9.17, 15) is 9.90 Å². The predicted octanol–water partition coefficient (Wildman–Crippen LogP) is 5.42. The van der Waals surface area contributed by atoms with Crippen LogP contribution in [-0.2, 0) is 4.79 Å². The summed E-state index contributed by atoms with van der Waals surface area (Å²) in [7, 11) is 1.59. The zero-order chi connectivity index (χ0) is 25.3. The van der Waals surface area contributed by atoms with Crippen molar-refractivity contribution in [2.75, 3.05) is 32.5 Å². The van der Waals surface area contributed by atoms with Crippen molar-refractivity contribution in [2.24, 2.45) is 11.8 Å². The smallest absolute Gasteiger partial charge is 0.303 e. The van der Waals surface area contributed by atoms with Crippen LogP contribution in [0.5, 0.6) is 5.75 Å². The molecule has 1 saturated heterocycles. The molecule has 1 aromatic carbocycles. The molecule has 0 radical (unpaired) electrons. The summed E-state index contributed by atoms with van der Waals surface area (Å²) in [4.78, 5) is 18.3. The Morgan fingerprint density at radius 3 is 2.94 bits per heavy atom. The second kappa shape index (κ2) is 13.0. The zero-order valence-electron chi connectivity index (χ0n) is 20.6. The molecule has 2 aromatic heterocycles. The first-order valence-corrected chi connectivity index (χ1v) is 13.4. The number of carboxylic acid groups (broad SMARTS) is 1. The molecule has 0 aliphatic carbocycles. The number of hydrogen-bond acceptors (Lipinski definition) is 7.